The number of para-hydroxylation sites is 1. The summed E-state index contributed by atoms with van der Waals surface area (Å²) in [5, 5.41) is 6.63. The van der Waals surface area contributed by atoms with Crippen LogP contribution in [0.4, 0.5) is 0 Å². The van der Waals surface area contributed by atoms with Crippen LogP contribution < -0.4 is 10.1 Å². The second-order valence-corrected chi connectivity index (χ2v) is 7.04. The number of hydrogen-bond acceptors (Lipinski definition) is 7. The van der Waals surface area contributed by atoms with Crippen molar-refractivity contribution < 1.29 is 14.1 Å². The molecule has 0 saturated carbocycles. The topological polar surface area (TPSA) is 90.1 Å². The molecule has 0 bridgehead atoms. The summed E-state index contributed by atoms with van der Waals surface area (Å²) in [6.45, 7) is 4.47. The molecule has 28 heavy (non-hydrogen) atoms. The molecule has 0 aliphatic rings. The van der Waals surface area contributed by atoms with Gasteiger partial charge in [-0.05, 0) is 38.3 Å². The molecule has 0 unspecified atom stereocenters. The molecule has 0 fully saturated rings. The van der Waals surface area contributed by atoms with Crippen LogP contribution in [0.1, 0.15) is 33.5 Å². The van der Waals surface area contributed by atoms with Crippen molar-refractivity contribution in [3.8, 4) is 5.75 Å². The Balaban J connectivity index is 1.51. The van der Waals surface area contributed by atoms with Crippen LogP contribution in [0.5, 0.6) is 5.75 Å². The predicted molar refractivity (Wildman–Crippen MR) is 107 cm³/mol. The third kappa shape index (κ3) is 5.32. The molecular weight excluding hydrogens is 376 g/mol. The fourth-order valence-corrected chi connectivity index (χ4v) is 3.21. The molecule has 0 atom stereocenters. The van der Waals surface area contributed by atoms with Crippen LogP contribution in [0.3, 0.4) is 0 Å². The van der Waals surface area contributed by atoms with E-state index in [2.05, 4.69) is 20.4 Å². The highest BCUT2D eigenvalue weighted by Gasteiger charge is 2.13. The van der Waals surface area contributed by atoms with E-state index >= 15 is 0 Å². The zero-order chi connectivity index (χ0) is 19.9. The summed E-state index contributed by atoms with van der Waals surface area (Å²) in [7, 11) is 0. The molecule has 0 spiro atoms. The number of thioether (sulfide) groups is 1. The Morgan fingerprint density at radius 2 is 1.93 bits per heavy atom. The first-order valence-electron chi connectivity index (χ1n) is 8.86. The number of benzene rings is 1. The van der Waals surface area contributed by atoms with Gasteiger partial charge in [0.15, 0.2) is 11.5 Å². The molecule has 0 aliphatic carbocycles. The minimum absolute atomic E-state index is 0.203. The molecule has 1 N–H and O–H groups in total. The minimum Gasteiger partial charge on any atom is -0.484 e. The molecule has 3 rings (SSSR count). The van der Waals surface area contributed by atoms with E-state index in [0.29, 0.717) is 24.6 Å². The van der Waals surface area contributed by atoms with Gasteiger partial charge in [0.05, 0.1) is 0 Å². The number of carbonyl (C=O) groups excluding carboxylic acids is 1. The third-order valence-electron chi connectivity index (χ3n) is 3.89. The average Bonchev–Trinajstić information content (AvgIpc) is 3.15. The van der Waals surface area contributed by atoms with Crippen LogP contribution in [0.15, 0.2) is 45.8 Å². The fourth-order valence-electron chi connectivity index (χ4n) is 2.66. The van der Waals surface area contributed by atoms with Crippen molar-refractivity contribution in [3.63, 3.8) is 0 Å². The first-order chi connectivity index (χ1) is 13.5. The van der Waals surface area contributed by atoms with Gasteiger partial charge in [0.1, 0.15) is 18.2 Å². The summed E-state index contributed by atoms with van der Waals surface area (Å²) in [6, 6.07) is 11.2. The number of hydrogen-bond donors (Lipinski definition) is 1. The van der Waals surface area contributed by atoms with Gasteiger partial charge in [-0.1, -0.05) is 17.3 Å². The highest BCUT2D eigenvalue weighted by atomic mass is 32.2. The number of ether oxygens (including phenoxy) is 1. The molecule has 1 aromatic carbocycles. The van der Waals surface area contributed by atoms with Gasteiger partial charge < -0.3 is 14.6 Å². The lowest BCUT2D eigenvalue weighted by Gasteiger charge is -2.07. The van der Waals surface area contributed by atoms with Gasteiger partial charge in [0.2, 0.25) is 0 Å². The molecule has 8 heteroatoms. The summed E-state index contributed by atoms with van der Waals surface area (Å²) in [4.78, 5) is 22.0. The van der Waals surface area contributed by atoms with Gasteiger partial charge in [-0.15, -0.1) is 11.8 Å². The average molecular weight is 398 g/mol. The lowest BCUT2D eigenvalue weighted by molar-refractivity contribution is 0.0944. The van der Waals surface area contributed by atoms with Crippen molar-refractivity contribution in [1.29, 1.82) is 0 Å². The summed E-state index contributed by atoms with van der Waals surface area (Å²) in [6.07, 6.45) is 2.54. The van der Waals surface area contributed by atoms with Gasteiger partial charge >= 0.3 is 0 Å². The van der Waals surface area contributed by atoms with E-state index in [0.717, 1.165) is 22.0 Å². The van der Waals surface area contributed by atoms with E-state index in [9.17, 15) is 4.79 Å². The van der Waals surface area contributed by atoms with Crippen LogP contribution >= 0.6 is 11.8 Å². The number of amides is 1. The molecule has 2 aromatic heterocycles. The van der Waals surface area contributed by atoms with Crippen molar-refractivity contribution in [2.75, 3.05) is 12.8 Å². The Labute approximate surface area is 167 Å². The van der Waals surface area contributed by atoms with Crippen LogP contribution in [0.25, 0.3) is 0 Å². The van der Waals surface area contributed by atoms with Crippen LogP contribution in [-0.2, 0) is 13.0 Å². The molecule has 7 nitrogen and oxygen atoms in total. The van der Waals surface area contributed by atoms with Crippen molar-refractivity contribution in [1.82, 2.24) is 20.4 Å². The van der Waals surface area contributed by atoms with Crippen molar-refractivity contribution in [3.05, 3.63) is 65.1 Å². The van der Waals surface area contributed by atoms with Crippen LogP contribution in [-0.4, -0.2) is 33.8 Å². The van der Waals surface area contributed by atoms with Gasteiger partial charge in [-0.2, -0.15) is 0 Å². The van der Waals surface area contributed by atoms with E-state index in [1.807, 2.05) is 50.4 Å². The SMILES string of the molecule is CSc1ccccc1OCc1cc(C(=O)NCCc2nc(C)cc(C)n2)no1. The second kappa shape index (κ2) is 9.36. The van der Waals surface area contributed by atoms with Crippen LogP contribution in [0, 0.1) is 13.8 Å². The summed E-state index contributed by atoms with van der Waals surface area (Å²) in [5.74, 6) is 1.66. The van der Waals surface area contributed by atoms with E-state index in [1.54, 1.807) is 17.8 Å². The quantitative estimate of drug-likeness (QED) is 0.582. The zero-order valence-electron chi connectivity index (χ0n) is 16.1. The maximum atomic E-state index is 12.2. The van der Waals surface area contributed by atoms with Crippen molar-refractivity contribution in [2.45, 2.75) is 31.8 Å². The normalized spacial score (nSPS) is 10.7. The maximum Gasteiger partial charge on any atom is 0.273 e. The van der Waals surface area contributed by atoms with E-state index in [4.69, 9.17) is 9.26 Å². The molecule has 0 aliphatic heterocycles. The number of rotatable bonds is 8. The van der Waals surface area contributed by atoms with Crippen LogP contribution in [0.2, 0.25) is 0 Å². The third-order valence-corrected chi connectivity index (χ3v) is 4.67. The Morgan fingerprint density at radius 1 is 1.18 bits per heavy atom. The van der Waals surface area contributed by atoms with Gasteiger partial charge in [-0.25, -0.2) is 9.97 Å². The lowest BCUT2D eigenvalue weighted by atomic mass is 10.3. The number of carbonyl (C=O) groups is 1. The highest BCUT2D eigenvalue weighted by molar-refractivity contribution is 7.98. The van der Waals surface area contributed by atoms with Gasteiger partial charge in [0, 0.05) is 35.3 Å². The Bertz CT molecular complexity index is 938. The molecule has 0 saturated heterocycles. The maximum absolute atomic E-state index is 12.2. The molecule has 2 heterocycles. The van der Waals surface area contributed by atoms with Crippen molar-refractivity contribution in [2.24, 2.45) is 0 Å². The van der Waals surface area contributed by atoms with E-state index in [1.165, 1.54) is 0 Å². The predicted octanol–water partition coefficient (Wildman–Crippen LogP) is 3.35. The highest BCUT2D eigenvalue weighted by Crippen LogP contribution is 2.27. The van der Waals surface area contributed by atoms with Gasteiger partial charge in [-0.3, -0.25) is 4.79 Å². The summed E-state index contributed by atoms with van der Waals surface area (Å²) in [5.41, 5.74) is 2.05. The summed E-state index contributed by atoms with van der Waals surface area (Å²) >= 11 is 1.60. The first-order valence-corrected chi connectivity index (χ1v) is 10.1. The standard InChI is InChI=1S/C20H22N4O3S/c1-13-10-14(2)23-19(22-13)8-9-21-20(25)16-11-15(27-24-16)12-26-17-6-4-5-7-18(17)28-3/h4-7,10-11H,8-9,12H2,1-3H3,(H,21,25). The number of aromatic nitrogens is 3. The molecule has 3 aromatic rings. The van der Waals surface area contributed by atoms with Crippen molar-refractivity contribution >= 4 is 17.7 Å². The van der Waals surface area contributed by atoms with E-state index in [-0.39, 0.29) is 18.2 Å². The van der Waals surface area contributed by atoms with Gasteiger partial charge in [0.25, 0.3) is 5.91 Å². The number of nitrogens with zero attached hydrogens (tertiary/aromatic N) is 3. The van der Waals surface area contributed by atoms with E-state index < -0.39 is 0 Å². The lowest BCUT2D eigenvalue weighted by Crippen LogP contribution is -2.26. The number of nitrogens with one attached hydrogen (secondary N) is 1. The molecule has 146 valence electrons. The Morgan fingerprint density at radius 3 is 2.68 bits per heavy atom. The fraction of sp³-hybridized carbons (Fsp3) is 0.300. The molecular formula is C20H22N4O3S. The molecule has 0 radical (unpaired) electrons. The minimum atomic E-state index is -0.302. The summed E-state index contributed by atoms with van der Waals surface area (Å²) < 4.78 is 11.0. The largest absolute Gasteiger partial charge is 0.484 e. The Hall–Kier alpha value is -2.87. The molecule has 1 amide bonds. The smallest absolute Gasteiger partial charge is 0.273 e. The monoisotopic (exact) mass is 398 g/mol. The number of aryl methyl sites for hydroxylation is 2. The Kier molecular flexibility index (Phi) is 6.65. The first kappa shape index (κ1) is 19.9. The zero-order valence-corrected chi connectivity index (χ0v) is 16.9. The second-order valence-electron chi connectivity index (χ2n) is 6.19.